The first kappa shape index (κ1) is 11.0. The highest BCUT2D eigenvalue weighted by Crippen LogP contribution is 2.20. The molecule has 1 rings (SSSR count). The van der Waals surface area contributed by atoms with Crippen molar-refractivity contribution in [3.05, 3.63) is 0 Å². The second kappa shape index (κ2) is 4.98. The fourth-order valence-electron chi connectivity index (χ4n) is 1.83. The number of aliphatic carboxylic acids is 1. The van der Waals surface area contributed by atoms with E-state index in [4.69, 9.17) is 5.11 Å². The van der Waals surface area contributed by atoms with Gasteiger partial charge >= 0.3 is 5.97 Å². The van der Waals surface area contributed by atoms with Crippen molar-refractivity contribution >= 4 is 11.9 Å². The molecular formula is C10H17NO3. The van der Waals surface area contributed by atoms with Gasteiger partial charge in [0.1, 0.15) is 6.54 Å². The summed E-state index contributed by atoms with van der Waals surface area (Å²) in [6.07, 6.45) is 3.43. The number of hydrogen-bond donors (Lipinski definition) is 1. The summed E-state index contributed by atoms with van der Waals surface area (Å²) in [5, 5.41) is 8.60. The van der Waals surface area contributed by atoms with Crippen molar-refractivity contribution in [1.29, 1.82) is 0 Å². The van der Waals surface area contributed by atoms with Crippen molar-refractivity contribution in [2.24, 2.45) is 5.92 Å². The van der Waals surface area contributed by atoms with Crippen molar-refractivity contribution in [2.75, 3.05) is 13.1 Å². The molecule has 80 valence electrons. The van der Waals surface area contributed by atoms with Crippen LogP contribution in [-0.2, 0) is 9.59 Å². The predicted molar refractivity (Wildman–Crippen MR) is 51.8 cm³/mol. The molecule has 0 aliphatic carbocycles. The van der Waals surface area contributed by atoms with E-state index in [2.05, 4.69) is 6.92 Å². The molecule has 1 saturated heterocycles. The number of carbonyl (C=O) groups excluding carboxylic acids is 1. The largest absolute Gasteiger partial charge is 0.480 e. The van der Waals surface area contributed by atoms with Crippen LogP contribution < -0.4 is 0 Å². The topological polar surface area (TPSA) is 57.6 Å². The molecule has 0 saturated carbocycles. The Bertz CT molecular complexity index is 227. The van der Waals surface area contributed by atoms with E-state index in [1.165, 1.54) is 4.90 Å². The van der Waals surface area contributed by atoms with Crippen LogP contribution in [0, 0.1) is 5.92 Å². The van der Waals surface area contributed by atoms with Gasteiger partial charge in [-0.05, 0) is 18.8 Å². The van der Waals surface area contributed by atoms with Crippen molar-refractivity contribution in [2.45, 2.75) is 32.6 Å². The van der Waals surface area contributed by atoms with E-state index in [0.717, 1.165) is 19.3 Å². The Morgan fingerprint density at radius 3 is 2.86 bits per heavy atom. The highest BCUT2D eigenvalue weighted by Gasteiger charge is 2.22. The summed E-state index contributed by atoms with van der Waals surface area (Å²) in [6, 6.07) is 0. The van der Waals surface area contributed by atoms with Crippen molar-refractivity contribution < 1.29 is 14.7 Å². The molecule has 4 heteroatoms. The monoisotopic (exact) mass is 199 g/mol. The summed E-state index contributed by atoms with van der Waals surface area (Å²) in [6.45, 7) is 2.57. The second-order valence-corrected chi connectivity index (χ2v) is 3.81. The Labute approximate surface area is 83.9 Å². The summed E-state index contributed by atoms with van der Waals surface area (Å²) in [5.74, 6) is -0.352. The molecule has 1 aliphatic rings. The van der Waals surface area contributed by atoms with E-state index >= 15 is 0 Å². The molecule has 1 heterocycles. The van der Waals surface area contributed by atoms with Gasteiger partial charge in [-0.15, -0.1) is 0 Å². The van der Waals surface area contributed by atoms with Crippen molar-refractivity contribution in [3.8, 4) is 0 Å². The minimum absolute atomic E-state index is 0.0108. The first-order chi connectivity index (χ1) is 6.63. The highest BCUT2D eigenvalue weighted by molar-refractivity contribution is 5.81. The van der Waals surface area contributed by atoms with Crippen LogP contribution in [0.15, 0.2) is 0 Å². The van der Waals surface area contributed by atoms with Crippen LogP contribution in [0.4, 0.5) is 0 Å². The van der Waals surface area contributed by atoms with E-state index < -0.39 is 5.97 Å². The number of carboxylic acid groups (broad SMARTS) is 1. The normalized spacial score (nSPS) is 23.4. The third kappa shape index (κ3) is 3.01. The number of carbonyl (C=O) groups is 2. The Morgan fingerprint density at radius 2 is 2.29 bits per heavy atom. The smallest absolute Gasteiger partial charge is 0.323 e. The van der Waals surface area contributed by atoms with Gasteiger partial charge in [0, 0.05) is 13.0 Å². The molecule has 4 nitrogen and oxygen atoms in total. The molecule has 1 unspecified atom stereocenters. The van der Waals surface area contributed by atoms with Gasteiger partial charge in [0.25, 0.3) is 0 Å². The lowest BCUT2D eigenvalue weighted by molar-refractivity contribution is -0.144. The Hall–Kier alpha value is -1.06. The lowest BCUT2D eigenvalue weighted by Crippen LogP contribution is -2.35. The van der Waals surface area contributed by atoms with Gasteiger partial charge in [-0.25, -0.2) is 0 Å². The van der Waals surface area contributed by atoms with Gasteiger partial charge in [-0.3, -0.25) is 9.59 Å². The van der Waals surface area contributed by atoms with Crippen LogP contribution in [0.3, 0.4) is 0 Å². The maximum absolute atomic E-state index is 11.5. The summed E-state index contributed by atoms with van der Waals surface area (Å²) in [5.41, 5.74) is 0. The van der Waals surface area contributed by atoms with Crippen LogP contribution in [0.25, 0.3) is 0 Å². The zero-order valence-electron chi connectivity index (χ0n) is 8.53. The number of hydrogen-bond acceptors (Lipinski definition) is 2. The number of likely N-dealkylation sites (tertiary alicyclic amines) is 1. The summed E-state index contributed by atoms with van der Waals surface area (Å²) < 4.78 is 0. The molecule has 14 heavy (non-hydrogen) atoms. The molecule has 1 N–H and O–H groups in total. The van der Waals surface area contributed by atoms with Gasteiger partial charge in [0.2, 0.25) is 5.91 Å². The van der Waals surface area contributed by atoms with E-state index in [0.29, 0.717) is 18.9 Å². The summed E-state index contributed by atoms with van der Waals surface area (Å²) >= 11 is 0. The minimum Gasteiger partial charge on any atom is -0.480 e. The van der Waals surface area contributed by atoms with Crippen LogP contribution in [0.2, 0.25) is 0 Å². The molecule has 1 fully saturated rings. The van der Waals surface area contributed by atoms with Gasteiger partial charge < -0.3 is 10.0 Å². The number of carboxylic acids is 1. The van der Waals surface area contributed by atoms with Crippen LogP contribution in [-0.4, -0.2) is 35.0 Å². The average molecular weight is 199 g/mol. The van der Waals surface area contributed by atoms with Gasteiger partial charge in [0.05, 0.1) is 0 Å². The molecule has 0 aromatic carbocycles. The van der Waals surface area contributed by atoms with Crippen LogP contribution in [0.1, 0.15) is 32.6 Å². The molecular weight excluding hydrogens is 182 g/mol. The zero-order valence-corrected chi connectivity index (χ0v) is 8.53. The minimum atomic E-state index is -0.923. The maximum Gasteiger partial charge on any atom is 0.323 e. The Kier molecular flexibility index (Phi) is 3.92. The molecule has 0 bridgehead atoms. The zero-order chi connectivity index (χ0) is 10.6. The average Bonchev–Trinajstić information content (AvgIpc) is 2.30. The van der Waals surface area contributed by atoms with Gasteiger partial charge in [-0.1, -0.05) is 13.3 Å². The second-order valence-electron chi connectivity index (χ2n) is 3.81. The summed E-state index contributed by atoms with van der Waals surface area (Å²) in [7, 11) is 0. The first-order valence-electron chi connectivity index (χ1n) is 5.13. The van der Waals surface area contributed by atoms with Gasteiger partial charge in [0.15, 0.2) is 0 Å². The van der Waals surface area contributed by atoms with Crippen molar-refractivity contribution in [1.82, 2.24) is 4.90 Å². The first-order valence-corrected chi connectivity index (χ1v) is 5.13. The Morgan fingerprint density at radius 1 is 1.57 bits per heavy atom. The fourth-order valence-corrected chi connectivity index (χ4v) is 1.83. The number of rotatable bonds is 3. The lowest BCUT2D eigenvalue weighted by atomic mass is 9.98. The number of nitrogens with zero attached hydrogens (tertiary/aromatic N) is 1. The molecule has 1 aliphatic heterocycles. The lowest BCUT2D eigenvalue weighted by Gasteiger charge is -2.17. The molecule has 1 amide bonds. The SMILES string of the molecule is CCC1CCC(=O)N(CC(=O)O)CC1. The molecule has 0 radical (unpaired) electrons. The molecule has 0 spiro atoms. The number of amides is 1. The fraction of sp³-hybridized carbons (Fsp3) is 0.800. The third-order valence-corrected chi connectivity index (χ3v) is 2.83. The van der Waals surface area contributed by atoms with Crippen LogP contribution >= 0.6 is 0 Å². The van der Waals surface area contributed by atoms with Crippen molar-refractivity contribution in [3.63, 3.8) is 0 Å². The molecule has 0 aromatic heterocycles. The predicted octanol–water partition coefficient (Wildman–Crippen LogP) is 1.11. The molecule has 1 atom stereocenters. The van der Waals surface area contributed by atoms with E-state index in [1.807, 2.05) is 0 Å². The van der Waals surface area contributed by atoms with E-state index in [9.17, 15) is 9.59 Å². The van der Waals surface area contributed by atoms with E-state index in [1.54, 1.807) is 0 Å². The van der Waals surface area contributed by atoms with E-state index in [-0.39, 0.29) is 12.5 Å². The van der Waals surface area contributed by atoms with Gasteiger partial charge in [-0.2, -0.15) is 0 Å². The summed E-state index contributed by atoms with van der Waals surface area (Å²) in [4.78, 5) is 23.4. The maximum atomic E-state index is 11.5. The highest BCUT2D eigenvalue weighted by atomic mass is 16.4. The molecule has 0 aromatic rings. The van der Waals surface area contributed by atoms with Crippen LogP contribution in [0.5, 0.6) is 0 Å². The Balaban J connectivity index is 2.51. The third-order valence-electron chi connectivity index (χ3n) is 2.83. The quantitative estimate of drug-likeness (QED) is 0.740. The standard InChI is InChI=1S/C10H17NO3/c1-2-8-3-4-9(12)11(6-5-8)7-10(13)14/h8H,2-7H2,1H3,(H,13,14).